The number of hydrogen-bond acceptors (Lipinski definition) is 4. The Kier molecular flexibility index (Phi) is 20.5. The molecule has 6 nitrogen and oxygen atoms in total. The Labute approximate surface area is 155 Å². The van der Waals surface area contributed by atoms with Gasteiger partial charge in [-0.2, -0.15) is 0 Å². The molecule has 63 valence electrons. The summed E-state index contributed by atoms with van der Waals surface area (Å²) in [4.78, 5) is 0. The fourth-order valence-corrected chi connectivity index (χ4v) is 5.08. The molecule has 2 N–H and O–H groups in total. The second-order valence-electron chi connectivity index (χ2n) is 0.924. The zero-order valence-corrected chi connectivity index (χ0v) is 17.2. The molecular formula is H2CaGaO6S2SeSr. The summed E-state index contributed by atoms with van der Waals surface area (Å²) in [6.07, 6.45) is 0. The van der Waals surface area contributed by atoms with E-state index >= 15 is 0 Å². The van der Waals surface area contributed by atoms with Gasteiger partial charge < -0.3 is 0 Å². The van der Waals surface area contributed by atoms with E-state index < -0.39 is 29.8 Å². The van der Waals surface area contributed by atoms with E-state index in [0.29, 0.717) is 0 Å². The van der Waals surface area contributed by atoms with Crippen molar-refractivity contribution in [2.24, 2.45) is 0 Å². The van der Waals surface area contributed by atoms with Crippen LogP contribution in [-0.4, -0.2) is 142 Å². The van der Waals surface area contributed by atoms with E-state index in [-0.39, 0.29) is 103 Å². The number of rotatable bonds is 2. The van der Waals surface area contributed by atoms with Crippen molar-refractivity contribution in [2.75, 3.05) is 0 Å². The predicted octanol–water partition coefficient (Wildman–Crippen LogP) is -2.85. The second-order valence-corrected chi connectivity index (χ2v) is 11.1. The molecule has 12 heteroatoms. The van der Waals surface area contributed by atoms with Crippen LogP contribution in [0.5, 0.6) is 0 Å². The summed E-state index contributed by atoms with van der Waals surface area (Å²) in [5.41, 5.74) is 0. The van der Waals surface area contributed by atoms with Crippen LogP contribution in [0.15, 0.2) is 0 Å². The van der Waals surface area contributed by atoms with Gasteiger partial charge in [-0.15, -0.1) is 0 Å². The smallest absolute Gasteiger partial charge is 0 e. The van der Waals surface area contributed by atoms with Crippen molar-refractivity contribution in [2.45, 2.75) is 0 Å². The molecule has 12 heavy (non-hydrogen) atoms. The third-order valence-corrected chi connectivity index (χ3v) is 8.04. The van der Waals surface area contributed by atoms with E-state index in [1.165, 1.54) is 0 Å². The first-order valence-electron chi connectivity index (χ1n) is 1.37. The minimum absolute atomic E-state index is 0. The molecule has 0 aromatic heterocycles. The molecule has 0 rings (SSSR count). The quantitative estimate of drug-likeness (QED) is 0.355. The molecule has 0 spiro atoms. The minimum Gasteiger partial charge on any atom is 0 e. The van der Waals surface area contributed by atoms with Crippen molar-refractivity contribution in [1.29, 1.82) is 0 Å². The monoisotopic (exact) mass is 439 g/mol. The van der Waals surface area contributed by atoms with Gasteiger partial charge in [-0.25, -0.2) is 0 Å². The Hall–Kier alpha value is 3.72. The molecule has 0 saturated heterocycles. The van der Waals surface area contributed by atoms with Gasteiger partial charge in [-0.05, 0) is 0 Å². The molecule has 0 fully saturated rings. The fourth-order valence-electron chi connectivity index (χ4n) is 0.109. The third kappa shape index (κ3) is 23.5. The van der Waals surface area contributed by atoms with E-state index in [1.807, 2.05) is 0 Å². The van der Waals surface area contributed by atoms with Gasteiger partial charge in [-0.3, -0.25) is 0 Å². The molecular weight excluding hydrogens is 437 g/mol. The van der Waals surface area contributed by atoms with Crippen LogP contribution in [0.2, 0.25) is 0 Å². The molecule has 0 bridgehead atoms. The molecule has 0 aromatic rings. The summed E-state index contributed by atoms with van der Waals surface area (Å²) >= 11 is -2.19. The van der Waals surface area contributed by atoms with Gasteiger partial charge in [-0.1, -0.05) is 0 Å². The van der Waals surface area contributed by atoms with Crippen LogP contribution in [-0.2, 0) is 17.1 Å². The number of hydrogen-bond donors (Lipinski definition) is 2. The van der Waals surface area contributed by atoms with E-state index in [0.717, 1.165) is 0 Å². The van der Waals surface area contributed by atoms with Crippen LogP contribution in [0.25, 0.3) is 0 Å². The van der Waals surface area contributed by atoms with Crippen LogP contribution in [0, 0.1) is 0 Å². The average Bonchev–Trinajstić information content (AvgIpc) is 1.14. The third-order valence-electron chi connectivity index (χ3n) is 0.172. The molecule has 0 aliphatic rings. The largest absolute Gasteiger partial charge is 0 e. The summed E-state index contributed by atoms with van der Waals surface area (Å²) < 4.78 is 54.4. The summed E-state index contributed by atoms with van der Waals surface area (Å²) in [5.74, 6) is 0. The zero-order chi connectivity index (χ0) is 7.71. The van der Waals surface area contributed by atoms with Gasteiger partial charge in [0.05, 0.1) is 0 Å². The molecule has 0 aliphatic carbocycles. The van der Waals surface area contributed by atoms with Crippen LogP contribution in [0.4, 0.5) is 0 Å². The van der Waals surface area contributed by atoms with Crippen molar-refractivity contribution < 1.29 is 25.9 Å². The molecule has 0 unspecified atom stereocenters. The van der Waals surface area contributed by atoms with E-state index in [2.05, 4.69) is 0 Å². The Morgan fingerprint density at radius 3 is 1.08 bits per heavy atom. The topological polar surface area (TPSA) is 109 Å². The summed E-state index contributed by atoms with van der Waals surface area (Å²) in [6, 6.07) is 0. The SMILES string of the molecule is O=S(=O)(O)[Se]S(=O)(=O)O.[Ca].[Ga].[Sr]. The fraction of sp³-hybridized carbons (Fsp3) is 0. The van der Waals surface area contributed by atoms with Gasteiger partial charge in [0.15, 0.2) is 0 Å². The maximum absolute atomic E-state index is 9.69. The molecule has 0 aliphatic heterocycles. The van der Waals surface area contributed by atoms with Crippen molar-refractivity contribution in [1.82, 2.24) is 0 Å². The Balaban J connectivity index is -0.000000107. The molecule has 0 amide bonds. The molecule has 0 aromatic carbocycles. The van der Waals surface area contributed by atoms with Gasteiger partial charge in [0, 0.05) is 103 Å². The van der Waals surface area contributed by atoms with Crippen LogP contribution in [0.3, 0.4) is 0 Å². The molecule has 7 radical (unpaired) electrons. The average molecular weight is 439 g/mol. The van der Waals surface area contributed by atoms with Crippen LogP contribution < -0.4 is 0 Å². The van der Waals surface area contributed by atoms with Gasteiger partial charge in [0.25, 0.3) is 0 Å². The predicted molar refractivity (Wildman–Crippen MR) is 46.1 cm³/mol. The maximum Gasteiger partial charge on any atom is 0 e. The molecule has 0 saturated carbocycles. The Morgan fingerprint density at radius 1 is 0.917 bits per heavy atom. The van der Waals surface area contributed by atoms with Crippen molar-refractivity contribution >= 4 is 133 Å². The Bertz CT molecular complexity index is 251. The van der Waals surface area contributed by atoms with Crippen LogP contribution in [0.1, 0.15) is 0 Å². The first-order chi connectivity index (χ1) is 3.71. The van der Waals surface area contributed by atoms with Gasteiger partial charge in [0.2, 0.25) is 0 Å². The van der Waals surface area contributed by atoms with Crippen molar-refractivity contribution in [3.63, 3.8) is 0 Å². The second kappa shape index (κ2) is 9.91. The minimum atomic E-state index is -4.56. The first-order valence-corrected chi connectivity index (χ1v) is 8.29. The van der Waals surface area contributed by atoms with Crippen molar-refractivity contribution in [3.05, 3.63) is 0 Å². The zero-order valence-electron chi connectivity index (χ0n) is 5.74. The van der Waals surface area contributed by atoms with E-state index in [1.54, 1.807) is 0 Å². The normalized spacial score (nSPS) is 10.2. The van der Waals surface area contributed by atoms with E-state index in [9.17, 15) is 16.8 Å². The Morgan fingerprint density at radius 2 is 1.08 bits per heavy atom. The van der Waals surface area contributed by atoms with Crippen molar-refractivity contribution in [3.8, 4) is 0 Å². The molecule has 0 atom stereocenters. The molecule has 0 heterocycles. The van der Waals surface area contributed by atoms with E-state index in [4.69, 9.17) is 9.11 Å². The van der Waals surface area contributed by atoms with Gasteiger partial charge >= 0.3 is 55.7 Å². The summed E-state index contributed by atoms with van der Waals surface area (Å²) in [7, 11) is -9.11. The summed E-state index contributed by atoms with van der Waals surface area (Å²) in [5, 5.41) is 0. The standard InChI is InChI=1S/Ca.Ga.H2O6S2Se.Sr/c;;1-7(2,3)9-8(4,5)6;/h;;(H,1,2,3)(H,4,5,6);. The van der Waals surface area contributed by atoms with Crippen LogP contribution >= 0.6 is 0 Å². The maximum atomic E-state index is 9.69. The van der Waals surface area contributed by atoms with Gasteiger partial charge in [0.1, 0.15) is 0 Å². The first kappa shape index (κ1) is 24.8. The summed E-state index contributed by atoms with van der Waals surface area (Å²) in [6.45, 7) is 0.